The van der Waals surface area contributed by atoms with E-state index in [2.05, 4.69) is 180 Å². The van der Waals surface area contributed by atoms with E-state index in [1.165, 1.54) is 22.3 Å². The molecule has 0 N–H and O–H groups in total. The van der Waals surface area contributed by atoms with Crippen LogP contribution in [0.4, 0.5) is 0 Å². The SMILES string of the molecule is CC(C)(C)Oc1ccc(C(c2ccc(OC(C)(C)C)cc2)C(c2ccc(OC(C)(C)C)cc2)c2ccc(OC(C)(C)C)cc2)cc1. The molecule has 4 aromatic carbocycles. The highest BCUT2D eigenvalue weighted by molar-refractivity contribution is 5.48. The van der Waals surface area contributed by atoms with Crippen LogP contribution in [0.5, 0.6) is 23.0 Å². The molecule has 4 heteroatoms. The number of hydrogen-bond acceptors (Lipinski definition) is 4. The molecule has 46 heavy (non-hydrogen) atoms. The van der Waals surface area contributed by atoms with Crippen LogP contribution in [0.25, 0.3) is 0 Å². The Kier molecular flexibility index (Phi) is 10.2. The summed E-state index contributed by atoms with van der Waals surface area (Å²) in [6.45, 7) is 24.8. The van der Waals surface area contributed by atoms with Gasteiger partial charge in [0.25, 0.3) is 0 Å². The third-order valence-electron chi connectivity index (χ3n) is 6.99. The number of benzene rings is 4. The van der Waals surface area contributed by atoms with E-state index >= 15 is 0 Å². The molecule has 0 unspecified atom stereocenters. The minimum Gasteiger partial charge on any atom is -0.488 e. The molecule has 0 aliphatic rings. The van der Waals surface area contributed by atoms with Gasteiger partial charge in [-0.05, 0) is 154 Å². The molecule has 0 heterocycles. The van der Waals surface area contributed by atoms with Crippen molar-refractivity contribution >= 4 is 0 Å². The Hall–Kier alpha value is -3.92. The summed E-state index contributed by atoms with van der Waals surface area (Å²) < 4.78 is 24.8. The molecule has 0 saturated heterocycles. The Morgan fingerprint density at radius 3 is 0.565 bits per heavy atom. The first kappa shape index (κ1) is 34.9. The number of rotatable bonds is 9. The van der Waals surface area contributed by atoms with Crippen LogP contribution in [0, 0.1) is 0 Å². The van der Waals surface area contributed by atoms with Crippen molar-refractivity contribution in [1.29, 1.82) is 0 Å². The average molecular weight is 623 g/mol. The molecule has 4 aromatic rings. The standard InChI is InChI=1S/C42H54O4/c1-39(2,3)43-33-21-13-29(14-22-33)37(30-15-23-34(24-16-30)44-40(4,5)6)38(31-17-25-35(26-18-31)45-41(7,8)9)32-19-27-36(28-20-32)46-42(10,11)12/h13-28,37-38H,1-12H3. The molecule has 0 amide bonds. The van der Waals surface area contributed by atoms with E-state index in [4.69, 9.17) is 18.9 Å². The molecule has 0 bridgehead atoms. The highest BCUT2D eigenvalue weighted by Gasteiger charge is 2.29. The highest BCUT2D eigenvalue weighted by Crippen LogP contribution is 2.45. The third kappa shape index (κ3) is 10.6. The Morgan fingerprint density at radius 1 is 0.283 bits per heavy atom. The van der Waals surface area contributed by atoms with Crippen molar-refractivity contribution in [3.8, 4) is 23.0 Å². The lowest BCUT2D eigenvalue weighted by molar-refractivity contribution is 0.130. The lowest BCUT2D eigenvalue weighted by atomic mass is 9.73. The van der Waals surface area contributed by atoms with Crippen molar-refractivity contribution in [3.05, 3.63) is 119 Å². The predicted octanol–water partition coefficient (Wildman–Crippen LogP) is 11.4. The predicted molar refractivity (Wildman–Crippen MR) is 191 cm³/mol. The summed E-state index contributed by atoms with van der Waals surface area (Å²) in [6, 6.07) is 34.3. The second-order valence-corrected chi connectivity index (χ2v) is 16.1. The lowest BCUT2D eigenvalue weighted by Gasteiger charge is -2.31. The van der Waals surface area contributed by atoms with Gasteiger partial charge >= 0.3 is 0 Å². The molecule has 0 aliphatic carbocycles. The molecular weight excluding hydrogens is 568 g/mol. The first-order valence-corrected chi connectivity index (χ1v) is 16.4. The second-order valence-electron chi connectivity index (χ2n) is 16.1. The van der Waals surface area contributed by atoms with Crippen molar-refractivity contribution in [2.24, 2.45) is 0 Å². The zero-order valence-electron chi connectivity index (χ0n) is 30.0. The van der Waals surface area contributed by atoms with Gasteiger partial charge in [-0.3, -0.25) is 0 Å². The summed E-state index contributed by atoms with van der Waals surface area (Å²) in [7, 11) is 0. The topological polar surface area (TPSA) is 36.9 Å². The Labute approximate surface area is 278 Å². The van der Waals surface area contributed by atoms with E-state index in [0.717, 1.165) is 23.0 Å². The zero-order chi connectivity index (χ0) is 33.9. The maximum Gasteiger partial charge on any atom is 0.120 e. The fourth-order valence-corrected chi connectivity index (χ4v) is 5.54. The Morgan fingerprint density at radius 2 is 0.435 bits per heavy atom. The van der Waals surface area contributed by atoms with Gasteiger partial charge in [0.2, 0.25) is 0 Å². The molecule has 4 rings (SSSR count). The molecular formula is C42H54O4. The van der Waals surface area contributed by atoms with Crippen LogP contribution in [0.1, 0.15) is 117 Å². The van der Waals surface area contributed by atoms with Crippen LogP contribution in [0.15, 0.2) is 97.1 Å². The summed E-state index contributed by atoms with van der Waals surface area (Å²) in [5, 5.41) is 0. The van der Waals surface area contributed by atoms with Crippen molar-refractivity contribution in [2.45, 2.75) is 117 Å². The van der Waals surface area contributed by atoms with E-state index in [-0.39, 0.29) is 34.2 Å². The molecule has 0 aromatic heterocycles. The molecule has 0 fully saturated rings. The lowest BCUT2D eigenvalue weighted by Crippen LogP contribution is -2.23. The van der Waals surface area contributed by atoms with Crippen LogP contribution in [0.2, 0.25) is 0 Å². The number of ether oxygens (including phenoxy) is 4. The monoisotopic (exact) mass is 622 g/mol. The van der Waals surface area contributed by atoms with Gasteiger partial charge in [-0.2, -0.15) is 0 Å². The van der Waals surface area contributed by atoms with Gasteiger partial charge in [-0.25, -0.2) is 0 Å². The maximum absolute atomic E-state index is 6.20. The van der Waals surface area contributed by atoms with Gasteiger partial charge in [-0.15, -0.1) is 0 Å². The van der Waals surface area contributed by atoms with Crippen LogP contribution < -0.4 is 18.9 Å². The van der Waals surface area contributed by atoms with E-state index in [0.29, 0.717) is 0 Å². The normalized spacial score (nSPS) is 12.7. The molecule has 0 aliphatic heterocycles. The zero-order valence-corrected chi connectivity index (χ0v) is 30.0. The highest BCUT2D eigenvalue weighted by atomic mass is 16.5. The Bertz CT molecular complexity index is 1280. The largest absolute Gasteiger partial charge is 0.488 e. The maximum atomic E-state index is 6.20. The molecule has 246 valence electrons. The molecule has 4 nitrogen and oxygen atoms in total. The van der Waals surface area contributed by atoms with Gasteiger partial charge in [-0.1, -0.05) is 48.5 Å². The van der Waals surface area contributed by atoms with E-state index in [1.54, 1.807) is 0 Å². The summed E-state index contributed by atoms with van der Waals surface area (Å²) >= 11 is 0. The van der Waals surface area contributed by atoms with Crippen LogP contribution in [-0.4, -0.2) is 22.4 Å². The summed E-state index contributed by atoms with van der Waals surface area (Å²) in [6.07, 6.45) is 0. The summed E-state index contributed by atoms with van der Waals surface area (Å²) in [5.74, 6) is 3.41. The summed E-state index contributed by atoms with van der Waals surface area (Å²) in [4.78, 5) is 0. The minimum absolute atomic E-state index is 0.00357. The smallest absolute Gasteiger partial charge is 0.120 e. The molecule has 0 radical (unpaired) electrons. The second kappa shape index (κ2) is 13.4. The first-order chi connectivity index (χ1) is 21.2. The minimum atomic E-state index is -0.278. The van der Waals surface area contributed by atoms with Crippen molar-refractivity contribution in [3.63, 3.8) is 0 Å². The molecule has 0 spiro atoms. The van der Waals surface area contributed by atoms with Crippen molar-refractivity contribution in [2.75, 3.05) is 0 Å². The van der Waals surface area contributed by atoms with E-state index in [1.807, 2.05) is 0 Å². The van der Waals surface area contributed by atoms with Crippen molar-refractivity contribution < 1.29 is 18.9 Å². The summed E-state index contributed by atoms with van der Waals surface area (Å²) in [5.41, 5.74) is 3.67. The quantitative estimate of drug-likeness (QED) is 0.186. The van der Waals surface area contributed by atoms with Gasteiger partial charge in [0.15, 0.2) is 0 Å². The van der Waals surface area contributed by atoms with E-state index < -0.39 is 0 Å². The average Bonchev–Trinajstić information content (AvgIpc) is 2.91. The van der Waals surface area contributed by atoms with Gasteiger partial charge in [0, 0.05) is 11.8 Å². The van der Waals surface area contributed by atoms with Gasteiger partial charge in [0.1, 0.15) is 45.4 Å². The Balaban J connectivity index is 1.87. The van der Waals surface area contributed by atoms with Crippen LogP contribution >= 0.6 is 0 Å². The first-order valence-electron chi connectivity index (χ1n) is 16.4. The fourth-order valence-electron chi connectivity index (χ4n) is 5.54. The molecule has 0 atom stereocenters. The van der Waals surface area contributed by atoms with E-state index in [9.17, 15) is 0 Å². The van der Waals surface area contributed by atoms with Gasteiger partial charge in [0.05, 0.1) is 0 Å². The van der Waals surface area contributed by atoms with Crippen LogP contribution in [0.3, 0.4) is 0 Å². The van der Waals surface area contributed by atoms with Crippen LogP contribution in [-0.2, 0) is 0 Å². The molecule has 0 saturated carbocycles. The van der Waals surface area contributed by atoms with Crippen molar-refractivity contribution in [1.82, 2.24) is 0 Å². The number of hydrogen-bond donors (Lipinski definition) is 0. The third-order valence-corrected chi connectivity index (χ3v) is 6.99. The van der Waals surface area contributed by atoms with Gasteiger partial charge < -0.3 is 18.9 Å². The fraction of sp³-hybridized carbons (Fsp3) is 0.429.